The van der Waals surface area contributed by atoms with Gasteiger partial charge in [-0.15, -0.1) is 0 Å². The van der Waals surface area contributed by atoms with Crippen LogP contribution in [0.5, 0.6) is 0 Å². The van der Waals surface area contributed by atoms with E-state index in [1.165, 1.54) is 0 Å². The minimum Gasteiger partial charge on any atom is -0.441 e. The number of carbonyl (C=O) groups excluding carboxylic acids is 2. The fourth-order valence-corrected chi connectivity index (χ4v) is 6.19. The van der Waals surface area contributed by atoms with Gasteiger partial charge in [-0.25, -0.2) is 9.69 Å². The van der Waals surface area contributed by atoms with E-state index in [1.807, 2.05) is 91.0 Å². The van der Waals surface area contributed by atoms with Gasteiger partial charge >= 0.3 is 6.09 Å². The summed E-state index contributed by atoms with van der Waals surface area (Å²) < 4.78 is 25.2. The fourth-order valence-electron chi connectivity index (χ4n) is 4.93. The van der Waals surface area contributed by atoms with E-state index in [0.717, 1.165) is 21.6 Å². The van der Waals surface area contributed by atoms with E-state index in [9.17, 15) is 14.7 Å². The summed E-state index contributed by atoms with van der Waals surface area (Å²) in [6, 6.07) is 28.6. The maximum absolute atomic E-state index is 14.1. The maximum Gasteiger partial charge on any atom is 0.417 e. The summed E-state index contributed by atoms with van der Waals surface area (Å²) in [5.41, 5.74) is 1.64. The molecular formula is C36H47NO7Si. The van der Waals surface area contributed by atoms with Crippen molar-refractivity contribution in [3.05, 3.63) is 108 Å². The molecule has 0 unspecified atom stereocenters. The first kappa shape index (κ1) is 34.5. The predicted octanol–water partition coefficient (Wildman–Crippen LogP) is 7.04. The molecule has 2 amide bonds. The smallest absolute Gasteiger partial charge is 0.417 e. The quantitative estimate of drug-likeness (QED) is 0.202. The zero-order valence-electron chi connectivity index (χ0n) is 27.4. The molecular weight excluding hydrogens is 586 g/mol. The number of aliphatic hydroxyl groups excluding tert-OH is 1. The Morgan fingerprint density at radius 2 is 1.38 bits per heavy atom. The van der Waals surface area contributed by atoms with Crippen molar-refractivity contribution < 1.29 is 33.3 Å². The molecule has 3 aromatic rings. The van der Waals surface area contributed by atoms with Gasteiger partial charge in [0, 0.05) is 0 Å². The van der Waals surface area contributed by atoms with Crippen LogP contribution >= 0.6 is 0 Å². The monoisotopic (exact) mass is 633 g/mol. The van der Waals surface area contributed by atoms with Crippen molar-refractivity contribution in [1.29, 1.82) is 0 Å². The van der Waals surface area contributed by atoms with E-state index in [-0.39, 0.29) is 24.8 Å². The minimum absolute atomic E-state index is 0.0285. The van der Waals surface area contributed by atoms with E-state index in [4.69, 9.17) is 18.6 Å². The van der Waals surface area contributed by atoms with E-state index in [1.54, 1.807) is 13.8 Å². The lowest BCUT2D eigenvalue weighted by atomic mass is 9.96. The minimum atomic E-state index is -2.46. The summed E-state index contributed by atoms with van der Waals surface area (Å²) in [6.45, 7) is 14.4. The first-order valence-electron chi connectivity index (χ1n) is 15.4. The number of ether oxygens (including phenoxy) is 3. The maximum atomic E-state index is 14.1. The molecule has 0 radical (unpaired) electrons. The molecule has 4 atom stereocenters. The summed E-state index contributed by atoms with van der Waals surface area (Å²) in [7, 11) is -2.46. The van der Waals surface area contributed by atoms with Gasteiger partial charge in [-0.2, -0.15) is 0 Å². The molecule has 1 saturated heterocycles. The number of hydrogen-bond donors (Lipinski definition) is 1. The molecule has 1 fully saturated rings. The van der Waals surface area contributed by atoms with E-state index < -0.39 is 50.3 Å². The number of rotatable bonds is 13. The third kappa shape index (κ3) is 8.89. The number of carbonyl (C=O) groups is 2. The average Bonchev–Trinajstić information content (AvgIpc) is 3.29. The van der Waals surface area contributed by atoms with Crippen molar-refractivity contribution in [3.8, 4) is 0 Å². The highest BCUT2D eigenvalue weighted by molar-refractivity contribution is 6.74. The van der Waals surface area contributed by atoms with Gasteiger partial charge in [-0.05, 0) is 48.7 Å². The van der Waals surface area contributed by atoms with Crippen LogP contribution < -0.4 is 0 Å². The highest BCUT2D eigenvalue weighted by atomic mass is 28.4. The Hall–Kier alpha value is -3.34. The molecule has 0 spiro atoms. The van der Waals surface area contributed by atoms with Crippen molar-refractivity contribution in [2.24, 2.45) is 0 Å². The van der Waals surface area contributed by atoms with Crippen LogP contribution in [0.3, 0.4) is 0 Å². The Morgan fingerprint density at radius 3 is 1.84 bits per heavy atom. The molecule has 0 saturated carbocycles. The van der Waals surface area contributed by atoms with Crippen molar-refractivity contribution in [3.63, 3.8) is 0 Å². The van der Waals surface area contributed by atoms with Gasteiger partial charge < -0.3 is 23.7 Å². The standard InChI is InChI=1S/C36H47NO7Si/c1-35(2,3)45(6,7)44-30(28-21-15-10-16-22-28)31(41-23-26-17-11-8-12-18-26)29(38)32(42-24-27-19-13-9-14-20-27)33(39)37-25-36(4,5)43-34(37)40/h8-22,29-32,38H,23-25H2,1-7H3/t29-,30-,31-,32+/m1/s1. The summed E-state index contributed by atoms with van der Waals surface area (Å²) in [6.07, 6.45) is -5.54. The van der Waals surface area contributed by atoms with Crippen molar-refractivity contribution in [2.75, 3.05) is 6.54 Å². The zero-order chi connectivity index (χ0) is 32.8. The highest BCUT2D eigenvalue weighted by Crippen LogP contribution is 2.42. The van der Waals surface area contributed by atoms with Gasteiger partial charge in [0.15, 0.2) is 14.4 Å². The van der Waals surface area contributed by atoms with Crippen LogP contribution in [0.1, 0.15) is 57.4 Å². The van der Waals surface area contributed by atoms with Crippen LogP contribution in [0.2, 0.25) is 18.1 Å². The largest absolute Gasteiger partial charge is 0.441 e. The molecule has 0 aliphatic carbocycles. The molecule has 4 rings (SSSR count). The first-order valence-corrected chi connectivity index (χ1v) is 18.4. The first-order chi connectivity index (χ1) is 21.2. The van der Waals surface area contributed by atoms with Crippen LogP contribution in [-0.4, -0.2) is 60.8 Å². The third-order valence-electron chi connectivity index (χ3n) is 8.49. The summed E-state index contributed by atoms with van der Waals surface area (Å²) >= 11 is 0. The molecule has 1 aliphatic rings. The topological polar surface area (TPSA) is 94.5 Å². The Kier molecular flexibility index (Phi) is 11.0. The van der Waals surface area contributed by atoms with Crippen molar-refractivity contribution >= 4 is 20.3 Å². The number of cyclic esters (lactones) is 1. The van der Waals surface area contributed by atoms with E-state index in [0.29, 0.717) is 0 Å². The van der Waals surface area contributed by atoms with Crippen LogP contribution in [0, 0.1) is 0 Å². The molecule has 0 bridgehead atoms. The average molecular weight is 634 g/mol. The molecule has 9 heteroatoms. The fraction of sp³-hybridized carbons (Fsp3) is 0.444. The third-order valence-corrected chi connectivity index (χ3v) is 12.9. The van der Waals surface area contributed by atoms with Gasteiger partial charge in [-0.1, -0.05) is 112 Å². The molecule has 1 aliphatic heterocycles. The lowest BCUT2D eigenvalue weighted by molar-refractivity contribution is -0.173. The van der Waals surface area contributed by atoms with Crippen molar-refractivity contribution in [2.45, 2.75) is 96.0 Å². The lowest BCUT2D eigenvalue weighted by Gasteiger charge is -2.43. The van der Waals surface area contributed by atoms with Crippen LogP contribution in [0.25, 0.3) is 0 Å². The van der Waals surface area contributed by atoms with Crippen LogP contribution in [0.15, 0.2) is 91.0 Å². The second-order valence-corrected chi connectivity index (χ2v) is 18.5. The van der Waals surface area contributed by atoms with Gasteiger partial charge in [-0.3, -0.25) is 4.79 Å². The Labute approximate surface area is 268 Å². The zero-order valence-corrected chi connectivity index (χ0v) is 28.4. The van der Waals surface area contributed by atoms with Crippen molar-refractivity contribution in [1.82, 2.24) is 4.90 Å². The number of imide groups is 1. The number of amides is 2. The number of hydrogen-bond acceptors (Lipinski definition) is 7. The molecule has 3 aromatic carbocycles. The molecule has 1 N–H and O–H groups in total. The van der Waals surface area contributed by atoms with Crippen LogP contribution in [-0.2, 0) is 36.6 Å². The van der Waals surface area contributed by atoms with Crippen LogP contribution in [0.4, 0.5) is 4.79 Å². The Morgan fingerprint density at radius 1 is 0.889 bits per heavy atom. The van der Waals surface area contributed by atoms with E-state index >= 15 is 0 Å². The van der Waals surface area contributed by atoms with Gasteiger partial charge in [0.2, 0.25) is 0 Å². The molecule has 8 nitrogen and oxygen atoms in total. The molecule has 0 aromatic heterocycles. The van der Waals surface area contributed by atoms with E-state index in [2.05, 4.69) is 33.9 Å². The van der Waals surface area contributed by atoms with Gasteiger partial charge in [0.1, 0.15) is 17.8 Å². The summed E-state index contributed by atoms with van der Waals surface area (Å²) in [5.74, 6) is -0.693. The number of aliphatic hydroxyl groups is 1. The molecule has 242 valence electrons. The second-order valence-electron chi connectivity index (χ2n) is 13.7. The Bertz CT molecular complexity index is 1390. The summed E-state index contributed by atoms with van der Waals surface area (Å²) in [4.78, 5) is 28.0. The second kappa shape index (κ2) is 14.4. The Balaban J connectivity index is 1.77. The lowest BCUT2D eigenvalue weighted by Crippen LogP contribution is -2.54. The molecule has 1 heterocycles. The normalized spacial score (nSPS) is 17.8. The molecule has 45 heavy (non-hydrogen) atoms. The van der Waals surface area contributed by atoms with Gasteiger partial charge in [0.25, 0.3) is 5.91 Å². The predicted molar refractivity (Wildman–Crippen MR) is 176 cm³/mol. The number of nitrogens with zero attached hydrogens (tertiary/aromatic N) is 1. The highest BCUT2D eigenvalue weighted by Gasteiger charge is 2.49. The SMILES string of the molecule is CC1(C)CN(C(=O)[C@@H](OCc2ccccc2)[C@H](O)[C@@H](OCc2ccccc2)[C@H](O[Si](C)(C)C(C)(C)C)c2ccccc2)C(=O)O1. The van der Waals surface area contributed by atoms with Gasteiger partial charge in [0.05, 0.1) is 25.9 Å². The number of benzene rings is 3. The summed E-state index contributed by atoms with van der Waals surface area (Å²) in [5, 5.41) is 12.1.